The second-order valence-corrected chi connectivity index (χ2v) is 7.44. The Hall–Kier alpha value is -1.43. The molecule has 1 unspecified atom stereocenters. The Morgan fingerprint density at radius 1 is 1.23 bits per heavy atom. The van der Waals surface area contributed by atoms with E-state index in [9.17, 15) is 4.79 Å². The van der Waals surface area contributed by atoms with E-state index in [1.54, 1.807) is 0 Å². The largest absolute Gasteiger partial charge is 0.356 e. The minimum absolute atomic E-state index is 0. The number of hydrogen-bond acceptors (Lipinski definition) is 5. The number of likely N-dealkylation sites (tertiary alicyclic amines) is 1. The first-order valence-corrected chi connectivity index (χ1v) is 10.9. The van der Waals surface area contributed by atoms with Crippen molar-refractivity contribution in [1.82, 2.24) is 35.2 Å². The molecule has 0 aliphatic carbocycles. The van der Waals surface area contributed by atoms with E-state index in [1.807, 2.05) is 37.3 Å². The summed E-state index contributed by atoms with van der Waals surface area (Å²) in [7, 11) is 1.95. The molecule has 0 aromatic carbocycles. The van der Waals surface area contributed by atoms with Gasteiger partial charge in [0.15, 0.2) is 11.8 Å². The zero-order valence-corrected chi connectivity index (χ0v) is 21.5. The molecule has 1 aromatic heterocycles. The number of nitrogens with zero attached hydrogens (tertiary/aromatic N) is 6. The maximum absolute atomic E-state index is 12.3. The molecule has 2 N–H and O–H groups in total. The van der Waals surface area contributed by atoms with Gasteiger partial charge in [0.05, 0.1) is 0 Å². The van der Waals surface area contributed by atoms with E-state index in [-0.39, 0.29) is 29.9 Å². The fourth-order valence-electron chi connectivity index (χ4n) is 3.69. The Balaban J connectivity index is 0.00000450. The summed E-state index contributed by atoms with van der Waals surface area (Å²) < 4.78 is 1.95. The molecule has 2 rings (SSSR count). The highest BCUT2D eigenvalue weighted by Gasteiger charge is 2.23. The monoisotopic (exact) mass is 534 g/mol. The lowest BCUT2D eigenvalue weighted by atomic mass is 10.2. The SMILES string of the molecule is CCN(CC)C(=O)CCNC(=NCc1nnc(C)n1C)NCC1CCCN1CC.I. The standard InChI is InChI=1S/C20H38N8O.HI/c1-6-27(7-2)19(29)11-12-21-20(22-14-17-10-9-13-28(17)8-3)23-15-18-25-24-16(4)26(18)5;/h17H,6-15H2,1-5H3,(H2,21,22,23);1H. The zero-order chi connectivity index (χ0) is 21.2. The number of amides is 1. The van der Waals surface area contributed by atoms with Crippen LogP contribution in [0.25, 0.3) is 0 Å². The van der Waals surface area contributed by atoms with Crippen molar-refractivity contribution in [2.45, 2.75) is 59.5 Å². The van der Waals surface area contributed by atoms with Crippen molar-refractivity contribution >= 4 is 35.8 Å². The Morgan fingerprint density at radius 3 is 2.57 bits per heavy atom. The number of aryl methyl sites for hydroxylation is 1. The third kappa shape index (κ3) is 7.68. The quantitative estimate of drug-likeness (QED) is 0.269. The first-order chi connectivity index (χ1) is 14.0. The van der Waals surface area contributed by atoms with Gasteiger partial charge in [-0.05, 0) is 46.7 Å². The molecule has 1 amide bonds. The van der Waals surface area contributed by atoms with E-state index >= 15 is 0 Å². The topological polar surface area (TPSA) is 90.7 Å². The minimum atomic E-state index is 0. The van der Waals surface area contributed by atoms with E-state index < -0.39 is 0 Å². The average molecular weight is 534 g/mol. The van der Waals surface area contributed by atoms with Gasteiger partial charge in [-0.1, -0.05) is 6.92 Å². The molecule has 1 aliphatic rings. The molecular weight excluding hydrogens is 495 g/mol. The van der Waals surface area contributed by atoms with Crippen LogP contribution in [-0.2, 0) is 18.4 Å². The van der Waals surface area contributed by atoms with Gasteiger partial charge in [0.2, 0.25) is 5.91 Å². The van der Waals surface area contributed by atoms with E-state index in [0.29, 0.717) is 25.6 Å². The first-order valence-electron chi connectivity index (χ1n) is 10.9. The van der Waals surface area contributed by atoms with Crippen molar-refractivity contribution in [1.29, 1.82) is 0 Å². The summed E-state index contributed by atoms with van der Waals surface area (Å²) >= 11 is 0. The smallest absolute Gasteiger partial charge is 0.224 e. The average Bonchev–Trinajstić information content (AvgIpc) is 3.31. The third-order valence-corrected chi connectivity index (χ3v) is 5.72. The molecule has 10 heteroatoms. The number of likely N-dealkylation sites (N-methyl/N-ethyl adjacent to an activating group) is 1. The number of halogens is 1. The van der Waals surface area contributed by atoms with Gasteiger partial charge in [-0.2, -0.15) is 0 Å². The molecule has 0 spiro atoms. The van der Waals surface area contributed by atoms with Crippen molar-refractivity contribution in [2.24, 2.45) is 12.0 Å². The van der Waals surface area contributed by atoms with E-state index in [1.165, 1.54) is 19.4 Å². The van der Waals surface area contributed by atoms with Gasteiger partial charge in [-0.15, -0.1) is 34.2 Å². The molecule has 2 heterocycles. The number of nitrogens with one attached hydrogen (secondary N) is 2. The minimum Gasteiger partial charge on any atom is -0.356 e. The number of rotatable bonds is 10. The van der Waals surface area contributed by atoms with Crippen LogP contribution in [0.1, 0.15) is 51.7 Å². The summed E-state index contributed by atoms with van der Waals surface area (Å²) in [5.41, 5.74) is 0. The van der Waals surface area contributed by atoms with Gasteiger partial charge in [-0.3, -0.25) is 9.69 Å². The molecule has 0 bridgehead atoms. The molecule has 0 radical (unpaired) electrons. The van der Waals surface area contributed by atoms with Gasteiger partial charge in [0.25, 0.3) is 0 Å². The summed E-state index contributed by atoms with van der Waals surface area (Å²) in [5.74, 6) is 2.57. The van der Waals surface area contributed by atoms with Gasteiger partial charge in [-0.25, -0.2) is 4.99 Å². The lowest BCUT2D eigenvalue weighted by Crippen LogP contribution is -2.45. The summed E-state index contributed by atoms with van der Waals surface area (Å²) in [6.07, 6.45) is 2.91. The van der Waals surface area contributed by atoms with Crippen LogP contribution < -0.4 is 10.6 Å². The molecule has 1 fully saturated rings. The predicted octanol–water partition coefficient (Wildman–Crippen LogP) is 1.52. The number of aliphatic imine (C=N–C) groups is 1. The fraction of sp³-hybridized carbons (Fsp3) is 0.800. The molecule has 0 saturated carbocycles. The molecule has 1 saturated heterocycles. The maximum atomic E-state index is 12.3. The Bertz CT molecular complexity index is 674. The highest BCUT2D eigenvalue weighted by Crippen LogP contribution is 2.15. The number of aromatic nitrogens is 3. The second-order valence-electron chi connectivity index (χ2n) is 7.44. The van der Waals surface area contributed by atoms with Crippen molar-refractivity contribution in [3.8, 4) is 0 Å². The van der Waals surface area contributed by atoms with E-state index in [2.05, 4.69) is 37.6 Å². The Labute approximate surface area is 198 Å². The van der Waals surface area contributed by atoms with Crippen LogP contribution in [0.2, 0.25) is 0 Å². The van der Waals surface area contributed by atoms with Crippen LogP contribution >= 0.6 is 24.0 Å². The van der Waals surface area contributed by atoms with Gasteiger partial charge in [0, 0.05) is 45.7 Å². The molecule has 1 atom stereocenters. The van der Waals surface area contributed by atoms with Crippen LogP contribution in [-0.4, -0.2) is 81.7 Å². The molecule has 30 heavy (non-hydrogen) atoms. The molecule has 172 valence electrons. The Kier molecular flexibility index (Phi) is 12.2. The van der Waals surface area contributed by atoms with Crippen LogP contribution in [0.3, 0.4) is 0 Å². The van der Waals surface area contributed by atoms with Crippen molar-refractivity contribution in [3.63, 3.8) is 0 Å². The normalized spacial score (nSPS) is 17.0. The fourth-order valence-corrected chi connectivity index (χ4v) is 3.69. The number of guanidine groups is 1. The first kappa shape index (κ1) is 26.6. The van der Waals surface area contributed by atoms with Crippen molar-refractivity contribution in [2.75, 3.05) is 39.3 Å². The molecule has 9 nitrogen and oxygen atoms in total. The Morgan fingerprint density at radius 2 is 1.97 bits per heavy atom. The van der Waals surface area contributed by atoms with Gasteiger partial charge >= 0.3 is 0 Å². The molecule has 1 aliphatic heterocycles. The van der Waals surface area contributed by atoms with Crippen LogP contribution in [0.5, 0.6) is 0 Å². The van der Waals surface area contributed by atoms with Crippen molar-refractivity contribution < 1.29 is 4.79 Å². The van der Waals surface area contributed by atoms with E-state index in [0.717, 1.165) is 43.8 Å². The number of hydrogen-bond donors (Lipinski definition) is 2. The van der Waals surface area contributed by atoms with Crippen molar-refractivity contribution in [3.05, 3.63) is 11.6 Å². The number of carbonyl (C=O) groups is 1. The zero-order valence-electron chi connectivity index (χ0n) is 19.1. The van der Waals surface area contributed by atoms with Crippen LogP contribution in [0.4, 0.5) is 0 Å². The third-order valence-electron chi connectivity index (χ3n) is 5.72. The highest BCUT2D eigenvalue weighted by molar-refractivity contribution is 14.0. The molecular formula is C20H39IN8O. The van der Waals surface area contributed by atoms with Gasteiger partial charge < -0.3 is 20.1 Å². The summed E-state index contributed by atoms with van der Waals surface area (Å²) in [5, 5.41) is 15.1. The lowest BCUT2D eigenvalue weighted by Gasteiger charge is -2.24. The summed E-state index contributed by atoms with van der Waals surface area (Å²) in [4.78, 5) is 21.3. The summed E-state index contributed by atoms with van der Waals surface area (Å²) in [6.45, 7) is 13.7. The number of carbonyl (C=O) groups excluding carboxylic acids is 1. The molecule has 1 aromatic rings. The lowest BCUT2D eigenvalue weighted by molar-refractivity contribution is -0.130. The highest BCUT2D eigenvalue weighted by atomic mass is 127. The second kappa shape index (κ2) is 13.8. The van der Waals surface area contributed by atoms with E-state index in [4.69, 9.17) is 0 Å². The van der Waals surface area contributed by atoms with Crippen LogP contribution in [0.15, 0.2) is 4.99 Å². The van der Waals surface area contributed by atoms with Gasteiger partial charge in [0.1, 0.15) is 12.4 Å². The van der Waals surface area contributed by atoms with Crippen LogP contribution in [0, 0.1) is 6.92 Å². The summed E-state index contributed by atoms with van der Waals surface area (Å²) in [6, 6.07) is 0.529. The maximum Gasteiger partial charge on any atom is 0.224 e. The predicted molar refractivity (Wildman–Crippen MR) is 131 cm³/mol.